The van der Waals surface area contributed by atoms with Gasteiger partial charge in [0, 0.05) is 11.6 Å². The van der Waals surface area contributed by atoms with Crippen LogP contribution in [0.1, 0.15) is 11.3 Å². The van der Waals surface area contributed by atoms with Crippen molar-refractivity contribution in [2.24, 2.45) is 0 Å². The third-order valence-corrected chi connectivity index (χ3v) is 2.65. The number of hydrogen-bond acceptors (Lipinski definition) is 4. The van der Waals surface area contributed by atoms with Crippen molar-refractivity contribution < 1.29 is 0 Å². The SMILES string of the molecule is N#Cc1cnc(NCCc2ccc(Cl)cc2)cn1. The van der Waals surface area contributed by atoms with Gasteiger partial charge in [0.1, 0.15) is 11.9 Å². The van der Waals surface area contributed by atoms with Crippen molar-refractivity contribution in [1.29, 1.82) is 5.26 Å². The van der Waals surface area contributed by atoms with Crippen LogP contribution in [0.4, 0.5) is 5.82 Å². The van der Waals surface area contributed by atoms with E-state index >= 15 is 0 Å². The maximum absolute atomic E-state index is 8.59. The minimum absolute atomic E-state index is 0.318. The Balaban J connectivity index is 1.84. The van der Waals surface area contributed by atoms with Gasteiger partial charge in [0.05, 0.1) is 12.4 Å². The van der Waals surface area contributed by atoms with Gasteiger partial charge in [0.15, 0.2) is 5.69 Å². The summed E-state index contributed by atoms with van der Waals surface area (Å²) in [5.74, 6) is 0.669. The fourth-order valence-corrected chi connectivity index (χ4v) is 1.59. The van der Waals surface area contributed by atoms with Gasteiger partial charge in [-0.1, -0.05) is 23.7 Å². The van der Waals surface area contributed by atoms with Gasteiger partial charge in [0.25, 0.3) is 0 Å². The van der Waals surface area contributed by atoms with Crippen LogP contribution in [-0.4, -0.2) is 16.5 Å². The van der Waals surface area contributed by atoms with E-state index in [0.717, 1.165) is 18.0 Å². The highest BCUT2D eigenvalue weighted by Gasteiger charge is 1.97. The monoisotopic (exact) mass is 258 g/mol. The van der Waals surface area contributed by atoms with Crippen molar-refractivity contribution in [2.45, 2.75) is 6.42 Å². The topological polar surface area (TPSA) is 61.6 Å². The van der Waals surface area contributed by atoms with Crippen LogP contribution in [0.5, 0.6) is 0 Å². The van der Waals surface area contributed by atoms with Crippen molar-refractivity contribution in [2.75, 3.05) is 11.9 Å². The number of halogens is 1. The minimum atomic E-state index is 0.318. The van der Waals surface area contributed by atoms with Crippen LogP contribution in [0.15, 0.2) is 36.7 Å². The van der Waals surface area contributed by atoms with Gasteiger partial charge in [-0.2, -0.15) is 5.26 Å². The number of rotatable bonds is 4. The van der Waals surface area contributed by atoms with Crippen molar-refractivity contribution in [3.05, 3.63) is 52.9 Å². The summed E-state index contributed by atoms with van der Waals surface area (Å²) in [5, 5.41) is 12.5. The van der Waals surface area contributed by atoms with E-state index in [2.05, 4.69) is 15.3 Å². The third-order valence-electron chi connectivity index (χ3n) is 2.40. The van der Waals surface area contributed by atoms with E-state index in [4.69, 9.17) is 16.9 Å². The Kier molecular flexibility index (Phi) is 4.11. The zero-order valence-electron chi connectivity index (χ0n) is 9.60. The standard InChI is InChI=1S/C13H11ClN4/c14-11-3-1-10(2-4-11)5-6-16-13-9-17-12(7-15)8-18-13/h1-4,8-9H,5-6H2,(H,16,18). The van der Waals surface area contributed by atoms with E-state index < -0.39 is 0 Å². The summed E-state index contributed by atoms with van der Waals surface area (Å²) < 4.78 is 0. The normalized spacial score (nSPS) is 9.78. The van der Waals surface area contributed by atoms with Crippen LogP contribution >= 0.6 is 11.6 Å². The fraction of sp³-hybridized carbons (Fsp3) is 0.154. The van der Waals surface area contributed by atoms with Gasteiger partial charge >= 0.3 is 0 Å². The van der Waals surface area contributed by atoms with Crippen LogP contribution in [0.25, 0.3) is 0 Å². The second-order valence-electron chi connectivity index (χ2n) is 3.70. The van der Waals surface area contributed by atoms with Crippen LogP contribution in [0, 0.1) is 11.3 Å². The molecule has 18 heavy (non-hydrogen) atoms. The average Bonchev–Trinajstić information content (AvgIpc) is 2.42. The number of anilines is 1. The molecule has 0 radical (unpaired) electrons. The van der Waals surface area contributed by atoms with Crippen molar-refractivity contribution in [1.82, 2.24) is 9.97 Å². The van der Waals surface area contributed by atoms with Gasteiger partial charge in [-0.15, -0.1) is 0 Å². The highest BCUT2D eigenvalue weighted by atomic mass is 35.5. The van der Waals surface area contributed by atoms with E-state index in [9.17, 15) is 0 Å². The van der Waals surface area contributed by atoms with Crippen LogP contribution in [-0.2, 0) is 6.42 Å². The molecule has 0 spiro atoms. The van der Waals surface area contributed by atoms with E-state index in [0.29, 0.717) is 11.5 Å². The Morgan fingerprint density at radius 1 is 1.17 bits per heavy atom. The molecule has 90 valence electrons. The number of nitriles is 1. The third kappa shape index (κ3) is 3.44. The highest BCUT2D eigenvalue weighted by Crippen LogP contribution is 2.10. The molecule has 5 heteroatoms. The summed E-state index contributed by atoms with van der Waals surface area (Å²) >= 11 is 5.81. The minimum Gasteiger partial charge on any atom is -0.368 e. The maximum atomic E-state index is 8.59. The summed E-state index contributed by atoms with van der Waals surface area (Å²) in [7, 11) is 0. The first-order valence-electron chi connectivity index (χ1n) is 5.48. The van der Waals surface area contributed by atoms with Gasteiger partial charge in [0.2, 0.25) is 0 Å². The molecule has 1 aromatic heterocycles. The van der Waals surface area contributed by atoms with Gasteiger partial charge in [-0.3, -0.25) is 0 Å². The molecule has 2 aromatic rings. The van der Waals surface area contributed by atoms with E-state index in [1.165, 1.54) is 11.8 Å². The lowest BCUT2D eigenvalue weighted by Crippen LogP contribution is -2.06. The van der Waals surface area contributed by atoms with Gasteiger partial charge < -0.3 is 5.32 Å². The van der Waals surface area contributed by atoms with E-state index in [1.54, 1.807) is 6.20 Å². The number of nitrogens with one attached hydrogen (secondary N) is 1. The molecule has 0 saturated carbocycles. The first kappa shape index (κ1) is 12.3. The summed E-state index contributed by atoms with van der Waals surface area (Å²) in [6, 6.07) is 9.66. The second kappa shape index (κ2) is 5.99. The summed E-state index contributed by atoms with van der Waals surface area (Å²) in [6.45, 7) is 0.752. The molecule has 0 aliphatic carbocycles. The van der Waals surface area contributed by atoms with E-state index in [1.807, 2.05) is 30.3 Å². The lowest BCUT2D eigenvalue weighted by Gasteiger charge is -2.05. The summed E-state index contributed by atoms with van der Waals surface area (Å²) in [6.07, 6.45) is 3.88. The number of aromatic nitrogens is 2. The predicted molar refractivity (Wildman–Crippen MR) is 70.4 cm³/mol. The molecule has 0 atom stereocenters. The van der Waals surface area contributed by atoms with Crippen molar-refractivity contribution in [3.63, 3.8) is 0 Å². The summed E-state index contributed by atoms with van der Waals surface area (Å²) in [4.78, 5) is 8.01. The van der Waals surface area contributed by atoms with Crippen LogP contribution < -0.4 is 5.32 Å². The number of nitrogens with zero attached hydrogens (tertiary/aromatic N) is 3. The molecule has 0 aliphatic rings. The largest absolute Gasteiger partial charge is 0.368 e. The maximum Gasteiger partial charge on any atom is 0.158 e. The lowest BCUT2D eigenvalue weighted by molar-refractivity contribution is 0.997. The first-order chi connectivity index (χ1) is 8.78. The van der Waals surface area contributed by atoms with Gasteiger partial charge in [-0.05, 0) is 24.1 Å². The van der Waals surface area contributed by atoms with E-state index in [-0.39, 0.29) is 0 Å². The smallest absolute Gasteiger partial charge is 0.158 e. The average molecular weight is 259 g/mol. The second-order valence-corrected chi connectivity index (χ2v) is 4.14. The Morgan fingerprint density at radius 3 is 2.56 bits per heavy atom. The Bertz CT molecular complexity index is 543. The molecular weight excluding hydrogens is 248 g/mol. The molecule has 0 saturated heterocycles. The molecular formula is C13H11ClN4. The molecule has 0 fully saturated rings. The zero-order chi connectivity index (χ0) is 12.8. The molecule has 0 amide bonds. The van der Waals surface area contributed by atoms with Gasteiger partial charge in [-0.25, -0.2) is 9.97 Å². The fourth-order valence-electron chi connectivity index (χ4n) is 1.46. The number of hydrogen-bond donors (Lipinski definition) is 1. The van der Waals surface area contributed by atoms with Crippen LogP contribution in [0.3, 0.4) is 0 Å². The quantitative estimate of drug-likeness (QED) is 0.916. The van der Waals surface area contributed by atoms with Crippen LogP contribution in [0.2, 0.25) is 5.02 Å². The molecule has 0 unspecified atom stereocenters. The predicted octanol–water partition coefficient (Wildman–Crippen LogP) is 2.66. The number of benzene rings is 1. The molecule has 2 rings (SSSR count). The highest BCUT2D eigenvalue weighted by molar-refractivity contribution is 6.30. The molecule has 1 N–H and O–H groups in total. The van der Waals surface area contributed by atoms with Crippen molar-refractivity contribution >= 4 is 17.4 Å². The molecule has 0 bridgehead atoms. The first-order valence-corrected chi connectivity index (χ1v) is 5.86. The Labute approximate surface area is 110 Å². The van der Waals surface area contributed by atoms with Crippen molar-refractivity contribution in [3.8, 4) is 6.07 Å². The molecule has 1 aromatic carbocycles. The molecule has 1 heterocycles. The molecule has 0 aliphatic heterocycles. The lowest BCUT2D eigenvalue weighted by atomic mass is 10.1. The summed E-state index contributed by atoms with van der Waals surface area (Å²) in [5.41, 5.74) is 1.52. The molecule has 4 nitrogen and oxygen atoms in total. The Morgan fingerprint density at radius 2 is 1.94 bits per heavy atom. The Hall–Kier alpha value is -2.12. The zero-order valence-corrected chi connectivity index (χ0v) is 10.4.